The summed E-state index contributed by atoms with van der Waals surface area (Å²) in [5.74, 6) is -0.819. The first-order valence-corrected chi connectivity index (χ1v) is 5.09. The van der Waals surface area contributed by atoms with Gasteiger partial charge in [0.15, 0.2) is 0 Å². The lowest BCUT2D eigenvalue weighted by atomic mass is 10.0. The zero-order chi connectivity index (χ0) is 11.4. The molecule has 1 rings (SSSR count). The van der Waals surface area contributed by atoms with Crippen LogP contribution in [0.5, 0.6) is 0 Å². The van der Waals surface area contributed by atoms with Crippen LogP contribution in [0.3, 0.4) is 0 Å². The van der Waals surface area contributed by atoms with Crippen LogP contribution in [0.1, 0.15) is 20.3 Å². The average molecular weight is 212 g/mol. The Hall–Kier alpha value is -1.39. The van der Waals surface area contributed by atoms with E-state index in [4.69, 9.17) is 0 Å². The molecule has 1 heterocycles. The van der Waals surface area contributed by atoms with Gasteiger partial charge in [0.05, 0.1) is 0 Å². The van der Waals surface area contributed by atoms with Gasteiger partial charge in [-0.05, 0) is 5.92 Å². The van der Waals surface area contributed by atoms with Crippen molar-refractivity contribution in [1.29, 1.82) is 0 Å². The Labute approximate surface area is 88.8 Å². The molecule has 1 atom stereocenters. The molecule has 1 N–H and O–H groups in total. The Balaban J connectivity index is 2.64. The molecule has 0 spiro atoms. The molecule has 0 aromatic heterocycles. The highest BCUT2D eigenvalue weighted by Crippen LogP contribution is 2.09. The average Bonchev–Trinajstić information content (AvgIpc) is 2.19. The van der Waals surface area contributed by atoms with Gasteiger partial charge in [0, 0.05) is 25.6 Å². The number of nitrogens with one attached hydrogen (secondary N) is 1. The summed E-state index contributed by atoms with van der Waals surface area (Å²) in [6.45, 7) is 4.80. The van der Waals surface area contributed by atoms with Crippen molar-refractivity contribution >= 4 is 18.1 Å². The lowest BCUT2D eigenvalue weighted by Gasteiger charge is -2.34. The van der Waals surface area contributed by atoms with Crippen molar-refractivity contribution in [2.45, 2.75) is 26.3 Å². The van der Waals surface area contributed by atoms with Gasteiger partial charge in [-0.1, -0.05) is 13.8 Å². The molecule has 0 saturated carbocycles. The summed E-state index contributed by atoms with van der Waals surface area (Å²) >= 11 is 0. The zero-order valence-electron chi connectivity index (χ0n) is 9.03. The molecule has 1 unspecified atom stereocenters. The Morgan fingerprint density at radius 3 is 2.73 bits per heavy atom. The smallest absolute Gasteiger partial charge is 0.311 e. The molecule has 1 aliphatic heterocycles. The number of piperazine rings is 1. The predicted molar refractivity (Wildman–Crippen MR) is 54.0 cm³/mol. The third-order valence-corrected chi connectivity index (χ3v) is 2.54. The number of carbonyl (C=O) groups is 3. The number of hydrogen-bond donors (Lipinski definition) is 1. The summed E-state index contributed by atoms with van der Waals surface area (Å²) in [5.41, 5.74) is 0. The summed E-state index contributed by atoms with van der Waals surface area (Å²) < 4.78 is 0. The monoisotopic (exact) mass is 212 g/mol. The molecule has 5 heteroatoms. The molecular weight excluding hydrogens is 196 g/mol. The largest absolute Gasteiger partial charge is 0.343 e. The standard InChI is InChI=1S/C10H16N2O3/c1-7(2)8-6-12(4-3-5-13)10(15)9(14)11-8/h5,7-8H,3-4,6H2,1-2H3,(H,11,14). The van der Waals surface area contributed by atoms with E-state index in [9.17, 15) is 14.4 Å². The van der Waals surface area contributed by atoms with Crippen LogP contribution in [0.4, 0.5) is 0 Å². The molecule has 1 saturated heterocycles. The van der Waals surface area contributed by atoms with E-state index in [-0.39, 0.29) is 18.4 Å². The minimum Gasteiger partial charge on any atom is -0.343 e. The quantitative estimate of drug-likeness (QED) is 0.507. The minimum atomic E-state index is -0.564. The van der Waals surface area contributed by atoms with Gasteiger partial charge >= 0.3 is 11.8 Å². The van der Waals surface area contributed by atoms with Crippen molar-refractivity contribution in [2.75, 3.05) is 13.1 Å². The predicted octanol–water partition coefficient (Wildman–Crippen LogP) is -0.442. The SMILES string of the molecule is CC(C)C1CN(CCC=O)C(=O)C(=O)N1. The molecule has 1 aliphatic rings. The van der Waals surface area contributed by atoms with Crippen molar-refractivity contribution in [1.82, 2.24) is 10.2 Å². The molecule has 1 fully saturated rings. The molecule has 0 aromatic carbocycles. The maximum Gasteiger partial charge on any atom is 0.311 e. The third-order valence-electron chi connectivity index (χ3n) is 2.54. The van der Waals surface area contributed by atoms with Crippen molar-refractivity contribution < 1.29 is 14.4 Å². The highest BCUT2D eigenvalue weighted by molar-refractivity contribution is 6.35. The van der Waals surface area contributed by atoms with Crippen LogP contribution >= 0.6 is 0 Å². The zero-order valence-corrected chi connectivity index (χ0v) is 9.03. The van der Waals surface area contributed by atoms with E-state index in [0.29, 0.717) is 13.1 Å². The van der Waals surface area contributed by atoms with Gasteiger partial charge < -0.3 is 15.0 Å². The van der Waals surface area contributed by atoms with Crippen molar-refractivity contribution in [3.63, 3.8) is 0 Å². The molecule has 84 valence electrons. The van der Waals surface area contributed by atoms with Crippen LogP contribution in [0, 0.1) is 5.92 Å². The first-order valence-electron chi connectivity index (χ1n) is 5.09. The van der Waals surface area contributed by atoms with Gasteiger partial charge in [-0.15, -0.1) is 0 Å². The molecule has 0 aliphatic carbocycles. The van der Waals surface area contributed by atoms with E-state index in [2.05, 4.69) is 5.32 Å². The second kappa shape index (κ2) is 4.91. The first-order chi connectivity index (χ1) is 7.06. The van der Waals surface area contributed by atoms with Gasteiger partial charge in [0.1, 0.15) is 6.29 Å². The van der Waals surface area contributed by atoms with E-state index in [1.807, 2.05) is 13.8 Å². The molecule has 0 radical (unpaired) electrons. The Morgan fingerprint density at radius 2 is 2.20 bits per heavy atom. The maximum atomic E-state index is 11.4. The van der Waals surface area contributed by atoms with Crippen molar-refractivity contribution in [3.8, 4) is 0 Å². The van der Waals surface area contributed by atoms with Crippen molar-refractivity contribution in [3.05, 3.63) is 0 Å². The summed E-state index contributed by atoms with van der Waals surface area (Å²) in [6.07, 6.45) is 1.04. The van der Waals surface area contributed by atoms with Crippen LogP contribution in [0.2, 0.25) is 0 Å². The van der Waals surface area contributed by atoms with Crippen LogP contribution in [-0.4, -0.2) is 42.1 Å². The van der Waals surface area contributed by atoms with E-state index in [1.165, 1.54) is 4.90 Å². The fourth-order valence-corrected chi connectivity index (χ4v) is 1.52. The fourth-order valence-electron chi connectivity index (χ4n) is 1.52. The van der Waals surface area contributed by atoms with Crippen molar-refractivity contribution in [2.24, 2.45) is 5.92 Å². The summed E-state index contributed by atoms with van der Waals surface area (Å²) in [6, 6.07) is -0.0122. The number of hydrogen-bond acceptors (Lipinski definition) is 3. The van der Waals surface area contributed by atoms with Gasteiger partial charge in [0.2, 0.25) is 0 Å². The van der Waals surface area contributed by atoms with Crippen LogP contribution < -0.4 is 5.32 Å². The van der Waals surface area contributed by atoms with E-state index in [1.54, 1.807) is 0 Å². The topological polar surface area (TPSA) is 66.5 Å². The van der Waals surface area contributed by atoms with Crippen LogP contribution in [0.15, 0.2) is 0 Å². The van der Waals surface area contributed by atoms with Crippen LogP contribution in [0.25, 0.3) is 0 Å². The first kappa shape index (κ1) is 11.7. The van der Waals surface area contributed by atoms with E-state index >= 15 is 0 Å². The summed E-state index contributed by atoms with van der Waals surface area (Å²) in [5, 5.41) is 2.65. The number of amides is 2. The molecular formula is C10H16N2O3. The highest BCUT2D eigenvalue weighted by atomic mass is 16.2. The number of aldehydes is 1. The van der Waals surface area contributed by atoms with E-state index in [0.717, 1.165) is 6.29 Å². The lowest BCUT2D eigenvalue weighted by Crippen LogP contribution is -2.59. The fraction of sp³-hybridized carbons (Fsp3) is 0.700. The summed E-state index contributed by atoms with van der Waals surface area (Å²) in [4.78, 5) is 34.3. The van der Waals surface area contributed by atoms with Gasteiger partial charge in [-0.3, -0.25) is 9.59 Å². The van der Waals surface area contributed by atoms with Gasteiger partial charge in [0.25, 0.3) is 0 Å². The third kappa shape index (κ3) is 2.78. The highest BCUT2D eigenvalue weighted by Gasteiger charge is 2.32. The molecule has 2 amide bonds. The Kier molecular flexibility index (Phi) is 3.82. The molecule has 0 bridgehead atoms. The molecule has 15 heavy (non-hydrogen) atoms. The van der Waals surface area contributed by atoms with Gasteiger partial charge in [-0.2, -0.15) is 0 Å². The molecule has 5 nitrogen and oxygen atoms in total. The molecule has 0 aromatic rings. The summed E-state index contributed by atoms with van der Waals surface area (Å²) in [7, 11) is 0. The van der Waals surface area contributed by atoms with E-state index < -0.39 is 11.8 Å². The second-order valence-corrected chi connectivity index (χ2v) is 4.03. The minimum absolute atomic E-state index is 0.0122. The number of nitrogens with zero attached hydrogens (tertiary/aromatic N) is 1. The lowest BCUT2D eigenvalue weighted by molar-refractivity contribution is -0.150. The normalized spacial score (nSPS) is 21.8. The maximum absolute atomic E-state index is 11.4. The Bertz CT molecular complexity index is 276. The number of carbonyl (C=O) groups excluding carboxylic acids is 3. The number of rotatable bonds is 4. The van der Waals surface area contributed by atoms with Gasteiger partial charge in [-0.25, -0.2) is 0 Å². The second-order valence-electron chi connectivity index (χ2n) is 4.03. The Morgan fingerprint density at radius 1 is 1.53 bits per heavy atom. The van der Waals surface area contributed by atoms with Crippen LogP contribution in [-0.2, 0) is 14.4 Å².